The first-order valence-corrected chi connectivity index (χ1v) is 7.72. The van der Waals surface area contributed by atoms with Crippen LogP contribution < -0.4 is 0 Å². The molecule has 3 rings (SSSR count). The summed E-state index contributed by atoms with van der Waals surface area (Å²) in [6.07, 6.45) is 4.12. The van der Waals surface area contributed by atoms with E-state index in [1.807, 2.05) is 20.8 Å². The second-order valence-electron chi connectivity index (χ2n) is 6.99. The number of nitrogens with zero attached hydrogens (tertiary/aromatic N) is 3. The van der Waals surface area contributed by atoms with Crippen molar-refractivity contribution in [3.05, 3.63) is 11.7 Å². The van der Waals surface area contributed by atoms with Gasteiger partial charge in [0.2, 0.25) is 5.89 Å². The van der Waals surface area contributed by atoms with Gasteiger partial charge in [0, 0.05) is 5.92 Å². The van der Waals surface area contributed by atoms with E-state index in [-0.39, 0.29) is 12.0 Å². The number of hydrogen-bond acceptors (Lipinski definition) is 6. The highest BCUT2D eigenvalue weighted by molar-refractivity contribution is 5.76. The molecule has 1 aromatic heterocycles. The van der Waals surface area contributed by atoms with E-state index < -0.39 is 5.60 Å². The fraction of sp³-hybridized carbons (Fsp3) is 0.800. The van der Waals surface area contributed by atoms with E-state index in [0.717, 1.165) is 38.1 Å². The van der Waals surface area contributed by atoms with Crippen molar-refractivity contribution in [1.82, 2.24) is 15.0 Å². The van der Waals surface area contributed by atoms with E-state index in [1.165, 1.54) is 0 Å². The summed E-state index contributed by atoms with van der Waals surface area (Å²) in [6, 6.07) is -0.188. The van der Waals surface area contributed by atoms with E-state index in [0.29, 0.717) is 18.3 Å². The lowest BCUT2D eigenvalue weighted by Crippen LogP contribution is -2.40. The third-order valence-corrected chi connectivity index (χ3v) is 3.80. The summed E-state index contributed by atoms with van der Waals surface area (Å²) >= 11 is 0. The normalized spacial score (nSPS) is 23.5. The number of rotatable bonds is 4. The van der Waals surface area contributed by atoms with Gasteiger partial charge in [0.1, 0.15) is 11.6 Å². The fourth-order valence-electron chi connectivity index (χ4n) is 2.66. The van der Waals surface area contributed by atoms with Gasteiger partial charge in [0.05, 0.1) is 6.54 Å². The number of ether oxygens (including phenoxy) is 1. The van der Waals surface area contributed by atoms with Crippen molar-refractivity contribution in [1.29, 1.82) is 0 Å². The van der Waals surface area contributed by atoms with E-state index in [9.17, 15) is 4.79 Å². The van der Waals surface area contributed by atoms with Gasteiger partial charge in [-0.15, -0.1) is 0 Å². The molecule has 0 spiro atoms. The Balaban J connectivity index is 1.61. The monoisotopic (exact) mass is 293 g/mol. The Kier molecular flexibility index (Phi) is 3.73. The van der Waals surface area contributed by atoms with Crippen molar-refractivity contribution in [2.45, 2.75) is 70.6 Å². The van der Waals surface area contributed by atoms with Crippen molar-refractivity contribution in [2.24, 2.45) is 0 Å². The molecular weight excluding hydrogens is 270 g/mol. The van der Waals surface area contributed by atoms with E-state index >= 15 is 0 Å². The van der Waals surface area contributed by atoms with Crippen molar-refractivity contribution in [3.63, 3.8) is 0 Å². The molecule has 1 aliphatic carbocycles. The predicted molar refractivity (Wildman–Crippen MR) is 75.6 cm³/mol. The number of aromatic nitrogens is 2. The molecular formula is C15H23N3O3. The van der Waals surface area contributed by atoms with Gasteiger partial charge >= 0.3 is 5.97 Å². The predicted octanol–water partition coefficient (Wildman–Crippen LogP) is 2.25. The Morgan fingerprint density at radius 3 is 2.81 bits per heavy atom. The largest absolute Gasteiger partial charge is 0.459 e. The summed E-state index contributed by atoms with van der Waals surface area (Å²) in [6.45, 7) is 7.11. The van der Waals surface area contributed by atoms with Crippen LogP contribution in [0.3, 0.4) is 0 Å². The number of carbonyl (C=O) groups excluding carboxylic acids is 1. The maximum Gasteiger partial charge on any atom is 0.323 e. The molecule has 0 amide bonds. The van der Waals surface area contributed by atoms with Crippen LogP contribution in [0, 0.1) is 0 Å². The average molecular weight is 293 g/mol. The molecule has 2 aliphatic rings. The highest BCUT2D eigenvalue weighted by Crippen LogP contribution is 2.39. The van der Waals surface area contributed by atoms with Gasteiger partial charge in [0.15, 0.2) is 5.82 Å². The van der Waals surface area contributed by atoms with Crippen molar-refractivity contribution >= 4 is 5.97 Å². The minimum Gasteiger partial charge on any atom is -0.459 e. The van der Waals surface area contributed by atoms with E-state index in [4.69, 9.17) is 9.26 Å². The lowest BCUT2D eigenvalue weighted by Gasteiger charge is -2.26. The van der Waals surface area contributed by atoms with Gasteiger partial charge in [-0.2, -0.15) is 4.98 Å². The lowest BCUT2D eigenvalue weighted by molar-refractivity contribution is -0.160. The van der Waals surface area contributed by atoms with Crippen molar-refractivity contribution < 1.29 is 14.1 Å². The van der Waals surface area contributed by atoms with Crippen LogP contribution in [-0.2, 0) is 16.1 Å². The minimum atomic E-state index is -0.448. The summed E-state index contributed by atoms with van der Waals surface area (Å²) in [4.78, 5) is 18.8. The molecule has 1 aliphatic heterocycles. The van der Waals surface area contributed by atoms with Gasteiger partial charge in [-0.3, -0.25) is 9.69 Å². The number of carbonyl (C=O) groups is 1. The SMILES string of the molecule is CC(C)(C)OC(=O)[C@@H]1CCCN1Cc1noc(C2CC2)n1. The zero-order valence-electron chi connectivity index (χ0n) is 13.0. The fourth-order valence-corrected chi connectivity index (χ4v) is 2.66. The van der Waals surface area contributed by atoms with Gasteiger partial charge in [0.25, 0.3) is 0 Å². The molecule has 0 N–H and O–H groups in total. The van der Waals surface area contributed by atoms with Gasteiger partial charge in [-0.05, 0) is 53.0 Å². The standard InChI is InChI=1S/C15H23N3O3/c1-15(2,3)20-14(19)11-5-4-8-18(11)9-12-16-13(21-17-12)10-6-7-10/h10-11H,4-9H2,1-3H3/t11-/m0/s1. The zero-order chi connectivity index (χ0) is 15.0. The Hall–Kier alpha value is -1.43. The van der Waals surface area contributed by atoms with Crippen LogP contribution in [-0.4, -0.2) is 39.2 Å². The number of hydrogen-bond donors (Lipinski definition) is 0. The molecule has 1 saturated carbocycles. The van der Waals surface area contributed by atoms with Crippen LogP contribution in [0.1, 0.15) is 64.1 Å². The first kappa shape index (κ1) is 14.5. The minimum absolute atomic E-state index is 0.147. The van der Waals surface area contributed by atoms with Crippen LogP contribution in [0.2, 0.25) is 0 Å². The average Bonchev–Trinajstić information content (AvgIpc) is 2.95. The van der Waals surface area contributed by atoms with Gasteiger partial charge < -0.3 is 9.26 Å². The lowest BCUT2D eigenvalue weighted by atomic mass is 10.1. The topological polar surface area (TPSA) is 68.5 Å². The Morgan fingerprint density at radius 1 is 1.38 bits per heavy atom. The molecule has 0 bridgehead atoms. The third kappa shape index (κ3) is 3.61. The maximum absolute atomic E-state index is 12.3. The number of esters is 1. The molecule has 116 valence electrons. The summed E-state index contributed by atoms with van der Waals surface area (Å²) in [5, 5.41) is 4.03. The molecule has 0 radical (unpaired) electrons. The third-order valence-electron chi connectivity index (χ3n) is 3.80. The molecule has 1 saturated heterocycles. The summed E-state index contributed by atoms with van der Waals surface area (Å²) in [5.41, 5.74) is -0.448. The van der Waals surface area contributed by atoms with Crippen LogP contribution >= 0.6 is 0 Å². The van der Waals surface area contributed by atoms with Crippen LogP contribution in [0.25, 0.3) is 0 Å². The number of likely N-dealkylation sites (tertiary alicyclic amines) is 1. The quantitative estimate of drug-likeness (QED) is 0.793. The molecule has 0 unspecified atom stereocenters. The molecule has 0 aromatic carbocycles. The van der Waals surface area contributed by atoms with Gasteiger partial charge in [-0.1, -0.05) is 5.16 Å². The van der Waals surface area contributed by atoms with Crippen LogP contribution in [0.5, 0.6) is 0 Å². The molecule has 6 nitrogen and oxygen atoms in total. The summed E-state index contributed by atoms with van der Waals surface area (Å²) < 4.78 is 10.8. The van der Waals surface area contributed by atoms with E-state index in [1.54, 1.807) is 0 Å². The van der Waals surface area contributed by atoms with Crippen molar-refractivity contribution in [2.75, 3.05) is 6.54 Å². The Bertz CT molecular complexity index is 516. The first-order chi connectivity index (χ1) is 9.92. The van der Waals surface area contributed by atoms with Crippen LogP contribution in [0.15, 0.2) is 4.52 Å². The summed E-state index contributed by atoms with van der Waals surface area (Å²) in [7, 11) is 0. The zero-order valence-corrected chi connectivity index (χ0v) is 13.0. The molecule has 1 atom stereocenters. The van der Waals surface area contributed by atoms with Gasteiger partial charge in [-0.25, -0.2) is 0 Å². The Labute approximate surface area is 124 Å². The molecule has 2 heterocycles. The van der Waals surface area contributed by atoms with Crippen molar-refractivity contribution in [3.8, 4) is 0 Å². The highest BCUT2D eigenvalue weighted by atomic mass is 16.6. The smallest absolute Gasteiger partial charge is 0.323 e. The molecule has 2 fully saturated rings. The van der Waals surface area contributed by atoms with Crippen LogP contribution in [0.4, 0.5) is 0 Å². The van der Waals surface area contributed by atoms with E-state index in [2.05, 4.69) is 15.0 Å². The maximum atomic E-state index is 12.3. The molecule has 1 aromatic rings. The second-order valence-corrected chi connectivity index (χ2v) is 6.99. The summed E-state index contributed by atoms with van der Waals surface area (Å²) in [5.74, 6) is 1.74. The highest BCUT2D eigenvalue weighted by Gasteiger charge is 2.35. The Morgan fingerprint density at radius 2 is 2.14 bits per heavy atom. The molecule has 21 heavy (non-hydrogen) atoms. The first-order valence-electron chi connectivity index (χ1n) is 7.72. The molecule has 6 heteroatoms. The second kappa shape index (κ2) is 5.40.